The fourth-order valence-corrected chi connectivity index (χ4v) is 4.16. The molecule has 1 aliphatic rings. The van der Waals surface area contributed by atoms with E-state index in [0.29, 0.717) is 19.5 Å². The van der Waals surface area contributed by atoms with Crippen LogP contribution in [0.1, 0.15) is 50.2 Å². The summed E-state index contributed by atoms with van der Waals surface area (Å²) >= 11 is 0. The van der Waals surface area contributed by atoms with E-state index in [1.807, 2.05) is 31.2 Å². The Labute approximate surface area is 188 Å². The maximum Gasteiger partial charge on any atom is 0.407 e. The first-order valence-electron chi connectivity index (χ1n) is 11.0. The minimum atomic E-state index is -0.876. The minimum absolute atomic E-state index is 0.0186. The van der Waals surface area contributed by atoms with Crippen molar-refractivity contribution in [1.82, 2.24) is 10.2 Å². The average molecular weight is 439 g/mol. The van der Waals surface area contributed by atoms with Crippen LogP contribution >= 0.6 is 0 Å². The van der Waals surface area contributed by atoms with E-state index in [1.54, 1.807) is 11.8 Å². The highest BCUT2D eigenvalue weighted by Crippen LogP contribution is 2.44. The summed E-state index contributed by atoms with van der Waals surface area (Å²) in [6.45, 7) is 4.71. The molecule has 7 nitrogen and oxygen atoms in total. The van der Waals surface area contributed by atoms with Crippen LogP contribution in [0.5, 0.6) is 0 Å². The molecule has 2 aromatic carbocycles. The topological polar surface area (TPSA) is 95.9 Å². The molecule has 0 heterocycles. The Kier molecular flexibility index (Phi) is 7.87. The van der Waals surface area contributed by atoms with Crippen LogP contribution in [-0.4, -0.2) is 53.7 Å². The Balaban J connectivity index is 1.51. The van der Waals surface area contributed by atoms with Crippen LogP contribution < -0.4 is 5.32 Å². The SMILES string of the molecule is CCN(CCCC(=O)O)C(=O)C[C@H](C)NC(=O)OCC1c2ccccc2-c2ccccc21. The number of ether oxygens (including phenoxy) is 1. The number of rotatable bonds is 10. The Morgan fingerprint density at radius 3 is 2.22 bits per heavy atom. The van der Waals surface area contributed by atoms with E-state index in [4.69, 9.17) is 9.84 Å². The number of carbonyl (C=O) groups is 3. The predicted octanol–water partition coefficient (Wildman–Crippen LogP) is 4.02. The van der Waals surface area contributed by atoms with Crippen LogP contribution in [0.4, 0.5) is 4.79 Å². The molecule has 7 heteroatoms. The number of alkyl carbamates (subject to hydrolysis) is 1. The summed E-state index contributed by atoms with van der Waals surface area (Å²) in [5.74, 6) is -1.02. The van der Waals surface area contributed by atoms with Gasteiger partial charge in [-0.05, 0) is 42.5 Å². The van der Waals surface area contributed by atoms with E-state index in [1.165, 1.54) is 11.1 Å². The third-order valence-corrected chi connectivity index (χ3v) is 5.74. The molecule has 0 unspecified atom stereocenters. The van der Waals surface area contributed by atoms with E-state index in [2.05, 4.69) is 29.6 Å². The van der Waals surface area contributed by atoms with Crippen LogP contribution in [0, 0.1) is 0 Å². The number of carbonyl (C=O) groups excluding carboxylic acids is 2. The molecule has 3 rings (SSSR count). The van der Waals surface area contributed by atoms with Gasteiger partial charge in [0.25, 0.3) is 0 Å². The molecule has 0 aliphatic heterocycles. The lowest BCUT2D eigenvalue weighted by molar-refractivity contribution is -0.138. The van der Waals surface area contributed by atoms with Gasteiger partial charge in [-0.15, -0.1) is 0 Å². The van der Waals surface area contributed by atoms with Gasteiger partial charge in [0.15, 0.2) is 0 Å². The average Bonchev–Trinajstić information content (AvgIpc) is 3.08. The summed E-state index contributed by atoms with van der Waals surface area (Å²) in [5.41, 5.74) is 4.62. The van der Waals surface area contributed by atoms with Gasteiger partial charge < -0.3 is 20.1 Å². The Morgan fingerprint density at radius 2 is 1.66 bits per heavy atom. The monoisotopic (exact) mass is 438 g/mol. The molecule has 32 heavy (non-hydrogen) atoms. The van der Waals surface area contributed by atoms with Gasteiger partial charge in [0.05, 0.1) is 0 Å². The number of carboxylic acid groups (broad SMARTS) is 1. The van der Waals surface area contributed by atoms with Gasteiger partial charge in [-0.25, -0.2) is 4.79 Å². The first kappa shape index (κ1) is 23.3. The summed E-state index contributed by atoms with van der Waals surface area (Å²) in [7, 11) is 0. The zero-order valence-corrected chi connectivity index (χ0v) is 18.5. The van der Waals surface area contributed by atoms with E-state index in [9.17, 15) is 14.4 Å². The molecule has 1 aliphatic carbocycles. The van der Waals surface area contributed by atoms with Crippen molar-refractivity contribution in [1.29, 1.82) is 0 Å². The van der Waals surface area contributed by atoms with Crippen molar-refractivity contribution in [3.05, 3.63) is 59.7 Å². The molecule has 0 aromatic heterocycles. The Morgan fingerprint density at radius 1 is 1.06 bits per heavy atom. The third kappa shape index (κ3) is 5.66. The molecule has 0 saturated carbocycles. The fourth-order valence-electron chi connectivity index (χ4n) is 4.16. The third-order valence-electron chi connectivity index (χ3n) is 5.74. The molecule has 0 spiro atoms. The van der Waals surface area contributed by atoms with Crippen molar-refractivity contribution in [3.63, 3.8) is 0 Å². The number of aliphatic carboxylic acids is 1. The minimum Gasteiger partial charge on any atom is -0.481 e. The van der Waals surface area contributed by atoms with Crippen LogP contribution in [0.15, 0.2) is 48.5 Å². The molecule has 2 amide bonds. The molecule has 1 atom stereocenters. The number of benzene rings is 2. The molecule has 2 aromatic rings. The molecule has 0 fully saturated rings. The summed E-state index contributed by atoms with van der Waals surface area (Å²) in [4.78, 5) is 37.1. The van der Waals surface area contributed by atoms with Crippen LogP contribution in [0.3, 0.4) is 0 Å². The van der Waals surface area contributed by atoms with Gasteiger partial charge in [0, 0.05) is 37.9 Å². The molecule has 0 bridgehead atoms. The highest BCUT2D eigenvalue weighted by atomic mass is 16.5. The lowest BCUT2D eigenvalue weighted by Crippen LogP contribution is -2.40. The van der Waals surface area contributed by atoms with E-state index >= 15 is 0 Å². The first-order valence-corrected chi connectivity index (χ1v) is 11.0. The summed E-state index contributed by atoms with van der Waals surface area (Å²) in [5, 5.41) is 11.5. The molecule has 170 valence electrons. The van der Waals surface area contributed by atoms with Crippen molar-refractivity contribution in [2.24, 2.45) is 0 Å². The highest BCUT2D eigenvalue weighted by Gasteiger charge is 2.29. The first-order chi connectivity index (χ1) is 15.4. The van der Waals surface area contributed by atoms with Gasteiger partial charge in [0.2, 0.25) is 5.91 Å². The number of carboxylic acids is 1. The number of amides is 2. The van der Waals surface area contributed by atoms with Crippen LogP contribution in [0.25, 0.3) is 11.1 Å². The molecule has 0 radical (unpaired) electrons. The van der Waals surface area contributed by atoms with E-state index in [0.717, 1.165) is 11.1 Å². The van der Waals surface area contributed by atoms with Gasteiger partial charge >= 0.3 is 12.1 Å². The standard InChI is InChI=1S/C25H30N2O5/c1-3-27(14-8-13-24(29)30)23(28)15-17(2)26-25(31)32-16-22-20-11-6-4-9-18(20)19-10-5-7-12-21(19)22/h4-7,9-12,17,22H,3,8,13-16H2,1-2H3,(H,26,31)(H,29,30)/t17-/m0/s1. The highest BCUT2D eigenvalue weighted by molar-refractivity contribution is 5.79. The van der Waals surface area contributed by atoms with Crippen molar-refractivity contribution in [2.75, 3.05) is 19.7 Å². The second kappa shape index (κ2) is 10.8. The fraction of sp³-hybridized carbons (Fsp3) is 0.400. The zero-order valence-electron chi connectivity index (χ0n) is 18.5. The molecular formula is C25H30N2O5. The Hall–Kier alpha value is -3.35. The second-order valence-corrected chi connectivity index (χ2v) is 8.05. The van der Waals surface area contributed by atoms with E-state index in [-0.39, 0.29) is 31.3 Å². The summed E-state index contributed by atoms with van der Waals surface area (Å²) in [6, 6.07) is 15.9. The van der Waals surface area contributed by atoms with Gasteiger partial charge in [-0.3, -0.25) is 9.59 Å². The molecular weight excluding hydrogens is 408 g/mol. The number of nitrogens with zero attached hydrogens (tertiary/aromatic N) is 1. The Bertz CT molecular complexity index is 929. The summed E-state index contributed by atoms with van der Waals surface area (Å²) < 4.78 is 5.53. The zero-order chi connectivity index (χ0) is 23.1. The smallest absolute Gasteiger partial charge is 0.407 e. The number of fused-ring (bicyclic) bond motifs is 3. The van der Waals surface area contributed by atoms with Crippen LogP contribution in [-0.2, 0) is 14.3 Å². The second-order valence-electron chi connectivity index (χ2n) is 8.05. The number of nitrogens with one attached hydrogen (secondary N) is 1. The van der Waals surface area contributed by atoms with E-state index < -0.39 is 18.1 Å². The van der Waals surface area contributed by atoms with Gasteiger partial charge in [-0.2, -0.15) is 0 Å². The lowest BCUT2D eigenvalue weighted by Gasteiger charge is -2.23. The largest absolute Gasteiger partial charge is 0.481 e. The predicted molar refractivity (Wildman–Crippen MR) is 121 cm³/mol. The number of hydrogen-bond acceptors (Lipinski definition) is 4. The lowest BCUT2D eigenvalue weighted by atomic mass is 9.98. The maximum atomic E-state index is 12.5. The van der Waals surface area contributed by atoms with Crippen molar-refractivity contribution in [3.8, 4) is 11.1 Å². The van der Waals surface area contributed by atoms with Crippen molar-refractivity contribution >= 4 is 18.0 Å². The number of hydrogen-bond donors (Lipinski definition) is 2. The summed E-state index contributed by atoms with van der Waals surface area (Å²) in [6.07, 6.45) is 0.00650. The van der Waals surface area contributed by atoms with Crippen molar-refractivity contribution < 1.29 is 24.2 Å². The van der Waals surface area contributed by atoms with Crippen LogP contribution in [0.2, 0.25) is 0 Å². The normalized spacial score (nSPS) is 13.1. The van der Waals surface area contributed by atoms with Gasteiger partial charge in [-0.1, -0.05) is 48.5 Å². The molecule has 0 saturated heterocycles. The molecule has 2 N–H and O–H groups in total. The van der Waals surface area contributed by atoms with Gasteiger partial charge in [0.1, 0.15) is 6.61 Å². The quantitative estimate of drug-likeness (QED) is 0.584. The maximum absolute atomic E-state index is 12.5. The van der Waals surface area contributed by atoms with Crippen molar-refractivity contribution in [2.45, 2.75) is 45.1 Å².